The Bertz CT molecular complexity index is 1040. The Morgan fingerprint density at radius 3 is 2.68 bits per heavy atom. The average Bonchev–Trinajstić information content (AvgIpc) is 2.58. The molecule has 1 amide bonds. The van der Waals surface area contributed by atoms with Crippen molar-refractivity contribution in [3.8, 4) is 5.88 Å². The number of benzene rings is 1. The minimum atomic E-state index is -4.12. The van der Waals surface area contributed by atoms with Crippen LogP contribution in [0.3, 0.4) is 0 Å². The fourth-order valence-electron chi connectivity index (χ4n) is 2.67. The minimum Gasteiger partial charge on any atom is -0.474 e. The first kappa shape index (κ1) is 20.3. The number of ether oxygens (including phenoxy) is 1. The molecular formula is C18H19ClFN3O4S. The van der Waals surface area contributed by atoms with E-state index in [2.05, 4.69) is 10.3 Å². The zero-order valence-corrected chi connectivity index (χ0v) is 17.1. The third kappa shape index (κ3) is 4.05. The summed E-state index contributed by atoms with van der Waals surface area (Å²) in [5.41, 5.74) is -0.172. The number of nitrogens with one attached hydrogen (secondary N) is 1. The van der Waals surface area contributed by atoms with Gasteiger partial charge >= 0.3 is 0 Å². The molecule has 1 N–H and O–H groups in total. The zero-order chi connectivity index (χ0) is 20.7. The summed E-state index contributed by atoms with van der Waals surface area (Å²) in [5.74, 6) is -0.958. The molecule has 0 saturated heterocycles. The van der Waals surface area contributed by atoms with Crippen LogP contribution >= 0.6 is 11.6 Å². The molecule has 0 unspecified atom stereocenters. The van der Waals surface area contributed by atoms with E-state index in [4.69, 9.17) is 16.3 Å². The third-order valence-corrected chi connectivity index (χ3v) is 6.14. The third-order valence-electron chi connectivity index (χ3n) is 3.85. The minimum absolute atomic E-state index is 0.00490. The van der Waals surface area contributed by atoms with Crippen LogP contribution in [0.25, 0.3) is 0 Å². The van der Waals surface area contributed by atoms with Crippen molar-refractivity contribution in [3.63, 3.8) is 0 Å². The molecule has 0 spiro atoms. The summed E-state index contributed by atoms with van der Waals surface area (Å²) < 4.78 is 46.1. The largest absolute Gasteiger partial charge is 0.474 e. The van der Waals surface area contributed by atoms with E-state index in [1.165, 1.54) is 12.3 Å². The van der Waals surface area contributed by atoms with Gasteiger partial charge in [-0.2, -0.15) is 0 Å². The van der Waals surface area contributed by atoms with Crippen molar-refractivity contribution < 1.29 is 22.3 Å². The number of hydrogen-bond donors (Lipinski definition) is 1. The fraction of sp³-hybridized carbons (Fsp3) is 0.333. The molecule has 2 aromatic rings. The van der Waals surface area contributed by atoms with Gasteiger partial charge in [0.05, 0.1) is 17.1 Å². The first-order valence-electron chi connectivity index (χ1n) is 8.42. The second-order valence-corrected chi connectivity index (χ2v) is 9.49. The molecule has 0 radical (unpaired) electrons. The topological polar surface area (TPSA) is 88.6 Å². The number of carbonyl (C=O) groups is 1. The maximum atomic E-state index is 13.3. The first-order chi connectivity index (χ1) is 13.0. The van der Waals surface area contributed by atoms with Crippen LogP contribution in [0.4, 0.5) is 10.1 Å². The molecular weight excluding hydrogens is 409 g/mol. The number of anilines is 1. The predicted octanol–water partition coefficient (Wildman–Crippen LogP) is 2.99. The number of pyridine rings is 1. The van der Waals surface area contributed by atoms with Gasteiger partial charge in [-0.1, -0.05) is 11.6 Å². The maximum absolute atomic E-state index is 13.3. The van der Waals surface area contributed by atoms with Crippen LogP contribution in [0.15, 0.2) is 35.4 Å². The van der Waals surface area contributed by atoms with E-state index in [-0.39, 0.29) is 40.2 Å². The van der Waals surface area contributed by atoms with E-state index >= 15 is 0 Å². The van der Waals surface area contributed by atoms with Gasteiger partial charge in [0.15, 0.2) is 0 Å². The lowest BCUT2D eigenvalue weighted by molar-refractivity contribution is 0.0919. The summed E-state index contributed by atoms with van der Waals surface area (Å²) in [5, 5.41) is 2.56. The second-order valence-electron chi connectivity index (χ2n) is 7.25. The number of halogens is 2. The average molecular weight is 428 g/mol. The van der Waals surface area contributed by atoms with Gasteiger partial charge in [-0.25, -0.2) is 17.8 Å². The lowest BCUT2D eigenvalue weighted by atomic mass is 10.1. The maximum Gasteiger partial charge on any atom is 0.266 e. The molecule has 2 heterocycles. The zero-order valence-electron chi connectivity index (χ0n) is 15.5. The highest BCUT2D eigenvalue weighted by atomic mass is 35.5. The lowest BCUT2D eigenvalue weighted by Gasteiger charge is -2.30. The summed E-state index contributed by atoms with van der Waals surface area (Å²) in [6, 6.07) is 4.45. The Morgan fingerprint density at radius 2 is 2.04 bits per heavy atom. The SMILES string of the molecule is CC(C)(C)NC(=O)c1cnc2c(c1)N(S(=O)(=O)c1ccc(F)cc1Cl)CCO2. The number of rotatable bonds is 3. The summed E-state index contributed by atoms with van der Waals surface area (Å²) >= 11 is 5.96. The normalized spacial score (nSPS) is 14.2. The van der Waals surface area contributed by atoms with Gasteiger partial charge in [-0.05, 0) is 45.0 Å². The van der Waals surface area contributed by atoms with Crippen LogP contribution < -0.4 is 14.4 Å². The second kappa shape index (κ2) is 7.21. The number of amides is 1. The van der Waals surface area contributed by atoms with E-state index in [0.29, 0.717) is 0 Å². The van der Waals surface area contributed by atoms with Crippen LogP contribution in [0.1, 0.15) is 31.1 Å². The highest BCUT2D eigenvalue weighted by molar-refractivity contribution is 7.93. The van der Waals surface area contributed by atoms with Gasteiger partial charge in [0.25, 0.3) is 15.9 Å². The van der Waals surface area contributed by atoms with Crippen molar-refractivity contribution in [2.24, 2.45) is 0 Å². The number of aromatic nitrogens is 1. The van der Waals surface area contributed by atoms with E-state index in [0.717, 1.165) is 22.5 Å². The van der Waals surface area contributed by atoms with Crippen LogP contribution in [-0.2, 0) is 10.0 Å². The van der Waals surface area contributed by atoms with E-state index in [1.54, 1.807) is 0 Å². The van der Waals surface area contributed by atoms with Crippen molar-refractivity contribution in [2.45, 2.75) is 31.2 Å². The molecule has 0 fully saturated rings. The summed E-state index contributed by atoms with van der Waals surface area (Å²) in [7, 11) is -4.12. The van der Waals surface area contributed by atoms with Gasteiger partial charge < -0.3 is 10.1 Å². The van der Waals surface area contributed by atoms with Crippen LogP contribution in [0.2, 0.25) is 5.02 Å². The molecule has 0 saturated carbocycles. The molecule has 3 rings (SSSR count). The molecule has 28 heavy (non-hydrogen) atoms. The molecule has 10 heteroatoms. The Hall–Kier alpha value is -2.39. The fourth-order valence-corrected chi connectivity index (χ4v) is 4.61. The van der Waals surface area contributed by atoms with Gasteiger partial charge in [0, 0.05) is 11.7 Å². The van der Waals surface area contributed by atoms with Crippen LogP contribution in [0.5, 0.6) is 5.88 Å². The van der Waals surface area contributed by atoms with E-state index in [9.17, 15) is 17.6 Å². The van der Waals surface area contributed by atoms with Crippen LogP contribution in [-0.4, -0.2) is 38.0 Å². The smallest absolute Gasteiger partial charge is 0.266 e. The van der Waals surface area contributed by atoms with Gasteiger partial charge in [-0.15, -0.1) is 0 Å². The Balaban J connectivity index is 2.04. The summed E-state index contributed by atoms with van der Waals surface area (Å²) in [6.45, 7) is 5.55. The van der Waals surface area contributed by atoms with E-state index < -0.39 is 27.3 Å². The number of sulfonamides is 1. The predicted molar refractivity (Wildman–Crippen MR) is 103 cm³/mol. The molecule has 1 aliphatic rings. The number of carbonyl (C=O) groups excluding carboxylic acids is 1. The van der Waals surface area contributed by atoms with Crippen molar-refractivity contribution in [1.29, 1.82) is 0 Å². The molecule has 1 aromatic carbocycles. The summed E-state index contributed by atoms with van der Waals surface area (Å²) in [6.07, 6.45) is 1.32. The Kier molecular flexibility index (Phi) is 5.24. The molecule has 1 aliphatic heterocycles. The van der Waals surface area contributed by atoms with Crippen LogP contribution in [0, 0.1) is 5.82 Å². The number of hydrogen-bond acceptors (Lipinski definition) is 5. The molecule has 0 bridgehead atoms. The van der Waals surface area contributed by atoms with E-state index in [1.807, 2.05) is 20.8 Å². The highest BCUT2D eigenvalue weighted by Crippen LogP contribution is 2.36. The molecule has 1 aromatic heterocycles. The number of fused-ring (bicyclic) bond motifs is 1. The lowest BCUT2D eigenvalue weighted by Crippen LogP contribution is -2.41. The number of nitrogens with zero attached hydrogens (tertiary/aromatic N) is 2. The molecule has 0 aliphatic carbocycles. The van der Waals surface area contributed by atoms with Crippen molar-refractivity contribution in [2.75, 3.05) is 17.5 Å². The standard InChI is InChI=1S/C18H19ClFN3O4S/c1-18(2,3)22-16(24)11-8-14-17(21-10-11)27-7-6-23(14)28(25,26)15-5-4-12(20)9-13(15)19/h4-5,8-10H,6-7H2,1-3H3,(H,22,24). The van der Waals surface area contributed by atoms with Crippen molar-refractivity contribution in [1.82, 2.24) is 10.3 Å². The monoisotopic (exact) mass is 427 g/mol. The molecule has 7 nitrogen and oxygen atoms in total. The molecule has 0 atom stereocenters. The first-order valence-corrected chi connectivity index (χ1v) is 10.2. The Labute approximate surface area is 167 Å². The van der Waals surface area contributed by atoms with Gasteiger partial charge in [0.2, 0.25) is 5.88 Å². The van der Waals surface area contributed by atoms with Crippen molar-refractivity contribution in [3.05, 3.63) is 46.9 Å². The summed E-state index contributed by atoms with van der Waals surface area (Å²) in [4.78, 5) is 16.3. The highest BCUT2D eigenvalue weighted by Gasteiger charge is 2.33. The Morgan fingerprint density at radius 1 is 1.32 bits per heavy atom. The van der Waals surface area contributed by atoms with Gasteiger partial charge in [0.1, 0.15) is 23.0 Å². The molecule has 150 valence electrons. The van der Waals surface area contributed by atoms with Crippen molar-refractivity contribution >= 4 is 33.2 Å². The quantitative estimate of drug-likeness (QED) is 0.813. The van der Waals surface area contributed by atoms with Gasteiger partial charge in [-0.3, -0.25) is 9.10 Å².